The molecule has 0 aliphatic carbocycles. The first-order valence-corrected chi connectivity index (χ1v) is 4.11. The van der Waals surface area contributed by atoms with Crippen LogP contribution in [-0.4, -0.2) is 19.8 Å². The van der Waals surface area contributed by atoms with E-state index in [9.17, 15) is 4.79 Å². The van der Waals surface area contributed by atoms with Crippen molar-refractivity contribution in [1.82, 2.24) is 19.8 Å². The maximum absolute atomic E-state index is 11.2. The lowest BCUT2D eigenvalue weighted by molar-refractivity contribution is 0.769. The summed E-state index contributed by atoms with van der Waals surface area (Å²) in [6.07, 6.45) is 1.49. The Labute approximate surface area is 74.4 Å². The third kappa shape index (κ3) is 1.22. The third-order valence-corrected chi connectivity index (χ3v) is 1.91. The standard InChI is InChI=1S/C8H10N4O/c1-5(2)6-3-7-8(13)10-9-4-12(7)11-6/h3-5H,1-2H3,(H,10,13). The lowest BCUT2D eigenvalue weighted by atomic mass is 10.1. The molecule has 0 fully saturated rings. The van der Waals surface area contributed by atoms with Gasteiger partial charge < -0.3 is 0 Å². The normalized spacial score (nSPS) is 11.3. The molecule has 0 aliphatic rings. The first kappa shape index (κ1) is 7.97. The molecule has 2 rings (SSSR count). The van der Waals surface area contributed by atoms with Crippen molar-refractivity contribution >= 4 is 5.52 Å². The molecule has 0 bridgehead atoms. The van der Waals surface area contributed by atoms with E-state index in [1.165, 1.54) is 10.8 Å². The summed E-state index contributed by atoms with van der Waals surface area (Å²) in [5, 5.41) is 10.2. The van der Waals surface area contributed by atoms with Crippen LogP contribution >= 0.6 is 0 Å². The first-order valence-electron chi connectivity index (χ1n) is 4.11. The molecule has 5 nitrogen and oxygen atoms in total. The van der Waals surface area contributed by atoms with Crippen molar-refractivity contribution in [3.05, 3.63) is 28.4 Å². The number of fused-ring (bicyclic) bond motifs is 1. The lowest BCUT2D eigenvalue weighted by Gasteiger charge is -1.94. The van der Waals surface area contributed by atoms with E-state index in [0.717, 1.165) is 5.69 Å². The molecule has 0 atom stereocenters. The fraction of sp³-hybridized carbons (Fsp3) is 0.375. The highest BCUT2D eigenvalue weighted by Crippen LogP contribution is 2.11. The molecule has 0 spiro atoms. The molecule has 2 heterocycles. The molecule has 0 radical (unpaired) electrons. The largest absolute Gasteiger partial charge is 0.290 e. The minimum atomic E-state index is -0.207. The Kier molecular flexibility index (Phi) is 1.65. The van der Waals surface area contributed by atoms with E-state index in [4.69, 9.17) is 0 Å². The number of nitrogens with one attached hydrogen (secondary N) is 1. The maximum atomic E-state index is 11.2. The quantitative estimate of drug-likeness (QED) is 0.693. The minimum Gasteiger partial charge on any atom is -0.266 e. The molecule has 0 amide bonds. The van der Waals surface area contributed by atoms with Gasteiger partial charge in [0.2, 0.25) is 0 Å². The van der Waals surface area contributed by atoms with Crippen molar-refractivity contribution in [1.29, 1.82) is 0 Å². The van der Waals surface area contributed by atoms with E-state index in [-0.39, 0.29) is 5.56 Å². The predicted molar refractivity (Wildman–Crippen MR) is 47.7 cm³/mol. The van der Waals surface area contributed by atoms with Gasteiger partial charge in [-0.15, -0.1) is 0 Å². The summed E-state index contributed by atoms with van der Waals surface area (Å²) in [6, 6.07) is 1.78. The average molecular weight is 178 g/mol. The number of rotatable bonds is 1. The number of hydrogen-bond acceptors (Lipinski definition) is 3. The summed E-state index contributed by atoms with van der Waals surface area (Å²) in [7, 11) is 0. The highest BCUT2D eigenvalue weighted by atomic mass is 16.1. The van der Waals surface area contributed by atoms with Gasteiger partial charge in [-0.25, -0.2) is 9.61 Å². The Morgan fingerprint density at radius 3 is 2.92 bits per heavy atom. The van der Waals surface area contributed by atoms with E-state index in [2.05, 4.69) is 15.3 Å². The van der Waals surface area contributed by atoms with Crippen LogP contribution in [0.3, 0.4) is 0 Å². The summed E-state index contributed by atoms with van der Waals surface area (Å²) < 4.78 is 1.49. The zero-order valence-corrected chi connectivity index (χ0v) is 7.48. The Bertz CT molecular complexity index is 482. The zero-order valence-electron chi connectivity index (χ0n) is 7.48. The van der Waals surface area contributed by atoms with Crippen molar-refractivity contribution in [2.75, 3.05) is 0 Å². The second-order valence-corrected chi connectivity index (χ2v) is 3.24. The van der Waals surface area contributed by atoms with Gasteiger partial charge in [-0.2, -0.15) is 10.2 Å². The zero-order chi connectivity index (χ0) is 9.42. The fourth-order valence-electron chi connectivity index (χ4n) is 1.15. The van der Waals surface area contributed by atoms with E-state index in [0.29, 0.717) is 11.4 Å². The van der Waals surface area contributed by atoms with Crippen molar-refractivity contribution in [2.45, 2.75) is 19.8 Å². The van der Waals surface area contributed by atoms with Crippen molar-refractivity contribution in [3.8, 4) is 0 Å². The van der Waals surface area contributed by atoms with Crippen molar-refractivity contribution in [2.24, 2.45) is 0 Å². The van der Waals surface area contributed by atoms with Crippen LogP contribution < -0.4 is 5.56 Å². The van der Waals surface area contributed by atoms with Gasteiger partial charge in [0.15, 0.2) is 0 Å². The molecule has 0 saturated heterocycles. The van der Waals surface area contributed by atoms with Crippen molar-refractivity contribution in [3.63, 3.8) is 0 Å². The van der Waals surface area contributed by atoms with Crippen LogP contribution in [0.5, 0.6) is 0 Å². The Morgan fingerprint density at radius 2 is 2.31 bits per heavy atom. The molecule has 0 unspecified atom stereocenters. The van der Waals surface area contributed by atoms with E-state index in [1.54, 1.807) is 6.07 Å². The van der Waals surface area contributed by atoms with Gasteiger partial charge in [-0.05, 0) is 12.0 Å². The predicted octanol–water partition coefficient (Wildman–Crippen LogP) is 0.541. The van der Waals surface area contributed by atoms with Gasteiger partial charge in [0, 0.05) is 0 Å². The third-order valence-electron chi connectivity index (χ3n) is 1.91. The van der Waals surface area contributed by atoms with Gasteiger partial charge in [-0.1, -0.05) is 13.8 Å². The highest BCUT2D eigenvalue weighted by molar-refractivity contribution is 5.44. The van der Waals surface area contributed by atoms with Gasteiger partial charge in [0.25, 0.3) is 5.56 Å². The van der Waals surface area contributed by atoms with Crippen LogP contribution in [0, 0.1) is 0 Å². The molecule has 2 aromatic rings. The number of H-pyrrole nitrogens is 1. The molecule has 0 aromatic carbocycles. The lowest BCUT2D eigenvalue weighted by Crippen LogP contribution is -2.10. The van der Waals surface area contributed by atoms with Crippen LogP contribution in [0.25, 0.3) is 5.52 Å². The first-order chi connectivity index (χ1) is 6.18. The van der Waals surface area contributed by atoms with Gasteiger partial charge in [-0.3, -0.25) is 4.79 Å². The van der Waals surface area contributed by atoms with E-state index < -0.39 is 0 Å². The molecule has 0 aliphatic heterocycles. The van der Waals surface area contributed by atoms with Gasteiger partial charge >= 0.3 is 0 Å². The molecule has 0 saturated carbocycles. The van der Waals surface area contributed by atoms with E-state index >= 15 is 0 Å². The Morgan fingerprint density at radius 1 is 1.54 bits per heavy atom. The number of nitrogens with zero attached hydrogens (tertiary/aromatic N) is 3. The molecule has 2 aromatic heterocycles. The monoisotopic (exact) mass is 178 g/mol. The minimum absolute atomic E-state index is 0.207. The number of aromatic nitrogens is 4. The highest BCUT2D eigenvalue weighted by Gasteiger charge is 2.07. The van der Waals surface area contributed by atoms with Crippen LogP contribution in [0.2, 0.25) is 0 Å². The molecule has 13 heavy (non-hydrogen) atoms. The SMILES string of the molecule is CC(C)c1cc2c(=O)[nH]ncn2n1. The number of hydrogen-bond donors (Lipinski definition) is 1. The maximum Gasteiger partial charge on any atom is 0.290 e. The fourth-order valence-corrected chi connectivity index (χ4v) is 1.15. The molecular weight excluding hydrogens is 168 g/mol. The van der Waals surface area contributed by atoms with Gasteiger partial charge in [0.05, 0.1) is 5.69 Å². The number of aromatic amines is 1. The summed E-state index contributed by atoms with van der Waals surface area (Å²) in [4.78, 5) is 11.2. The van der Waals surface area contributed by atoms with E-state index in [1.807, 2.05) is 13.8 Å². The summed E-state index contributed by atoms with van der Waals surface area (Å²) in [5.74, 6) is 0.319. The molecule has 1 N–H and O–H groups in total. The Balaban J connectivity index is 2.76. The summed E-state index contributed by atoms with van der Waals surface area (Å²) in [6.45, 7) is 4.06. The molecule has 5 heteroatoms. The van der Waals surface area contributed by atoms with Crippen molar-refractivity contribution < 1.29 is 0 Å². The Hall–Kier alpha value is -1.65. The second-order valence-electron chi connectivity index (χ2n) is 3.24. The van der Waals surface area contributed by atoms with Crippen LogP contribution in [-0.2, 0) is 0 Å². The average Bonchev–Trinajstić information content (AvgIpc) is 2.49. The smallest absolute Gasteiger partial charge is 0.266 e. The summed E-state index contributed by atoms with van der Waals surface area (Å²) >= 11 is 0. The van der Waals surface area contributed by atoms with Crippen LogP contribution in [0.1, 0.15) is 25.5 Å². The van der Waals surface area contributed by atoms with Gasteiger partial charge in [0.1, 0.15) is 11.8 Å². The van der Waals surface area contributed by atoms with Crippen LogP contribution in [0.4, 0.5) is 0 Å². The topological polar surface area (TPSA) is 63.0 Å². The van der Waals surface area contributed by atoms with Crippen LogP contribution in [0.15, 0.2) is 17.2 Å². The summed E-state index contributed by atoms with van der Waals surface area (Å²) in [5.41, 5.74) is 1.24. The molecule has 68 valence electrons. The molecular formula is C8H10N4O. The second kappa shape index (κ2) is 2.69.